The summed E-state index contributed by atoms with van der Waals surface area (Å²) < 4.78 is 0. The Hall–Kier alpha value is -1.17. The van der Waals surface area contributed by atoms with Crippen LogP contribution in [-0.2, 0) is 0 Å². The topological polar surface area (TPSA) is 68.9 Å². The van der Waals surface area contributed by atoms with Crippen molar-refractivity contribution in [2.75, 3.05) is 0 Å². The fourth-order valence-corrected chi connectivity index (χ4v) is 1.89. The van der Waals surface area contributed by atoms with Gasteiger partial charge in [-0.2, -0.15) is 0 Å². The Bertz CT molecular complexity index is 603. The Balaban J connectivity index is 2.84. The summed E-state index contributed by atoms with van der Waals surface area (Å²) in [6.45, 7) is 0. The van der Waals surface area contributed by atoms with Gasteiger partial charge in [0, 0.05) is 11.5 Å². The fourth-order valence-electron chi connectivity index (χ4n) is 1.21. The van der Waals surface area contributed by atoms with Gasteiger partial charge in [-0.25, -0.2) is 9.97 Å². The van der Waals surface area contributed by atoms with E-state index in [0.29, 0.717) is 10.9 Å². The Morgan fingerprint density at radius 2 is 1.88 bits per heavy atom. The van der Waals surface area contributed by atoms with Crippen LogP contribution in [0, 0.1) is 10.1 Å². The Morgan fingerprint density at radius 3 is 2.50 bits per heavy atom. The number of halogens is 3. The smallest absolute Gasteiger partial charge is 0.258 e. The number of hydrogen-bond donors (Lipinski definition) is 0. The standard InChI is InChI=1S/C8H2Cl3N3O2/c9-4-2-5-3(1-6(4)14(15)16)7(10)13-8(11)12-5/h1-2H. The van der Waals surface area contributed by atoms with Crippen molar-refractivity contribution in [3.8, 4) is 0 Å². The predicted octanol–water partition coefficient (Wildman–Crippen LogP) is 3.50. The molecule has 0 aliphatic heterocycles. The van der Waals surface area contributed by atoms with Crippen LogP contribution in [-0.4, -0.2) is 14.9 Å². The maximum absolute atomic E-state index is 10.7. The molecule has 0 unspecified atom stereocenters. The van der Waals surface area contributed by atoms with Crippen molar-refractivity contribution in [3.05, 3.63) is 37.7 Å². The highest BCUT2D eigenvalue weighted by molar-refractivity contribution is 6.37. The van der Waals surface area contributed by atoms with Gasteiger partial charge in [0.2, 0.25) is 5.28 Å². The largest absolute Gasteiger partial charge is 0.288 e. The van der Waals surface area contributed by atoms with Crippen molar-refractivity contribution in [2.45, 2.75) is 0 Å². The number of nitro groups is 1. The molecule has 0 fully saturated rings. The van der Waals surface area contributed by atoms with Gasteiger partial charge in [-0.05, 0) is 17.7 Å². The molecule has 2 rings (SSSR count). The molecule has 0 saturated carbocycles. The third-order valence-electron chi connectivity index (χ3n) is 1.89. The normalized spacial score (nSPS) is 10.7. The van der Waals surface area contributed by atoms with E-state index in [4.69, 9.17) is 34.8 Å². The maximum Gasteiger partial charge on any atom is 0.288 e. The molecule has 1 heterocycles. The van der Waals surface area contributed by atoms with Crippen molar-refractivity contribution in [1.29, 1.82) is 0 Å². The molecule has 0 N–H and O–H groups in total. The molecule has 5 nitrogen and oxygen atoms in total. The van der Waals surface area contributed by atoms with E-state index in [1.165, 1.54) is 12.1 Å². The van der Waals surface area contributed by atoms with E-state index in [1.807, 2.05) is 0 Å². The van der Waals surface area contributed by atoms with Crippen LogP contribution in [0.2, 0.25) is 15.5 Å². The zero-order chi connectivity index (χ0) is 11.9. The molecule has 0 amide bonds. The summed E-state index contributed by atoms with van der Waals surface area (Å²) in [5, 5.41) is 11.0. The minimum absolute atomic E-state index is 0.0247. The molecular weight excluding hydrogens is 276 g/mol. The number of benzene rings is 1. The lowest BCUT2D eigenvalue weighted by Gasteiger charge is -2.01. The first-order chi connectivity index (χ1) is 7.49. The van der Waals surface area contributed by atoms with Gasteiger partial charge in [-0.15, -0.1) is 0 Å². The molecule has 1 aromatic heterocycles. The summed E-state index contributed by atoms with van der Waals surface area (Å²) in [5.74, 6) is 0. The van der Waals surface area contributed by atoms with Crippen LogP contribution in [0.3, 0.4) is 0 Å². The summed E-state index contributed by atoms with van der Waals surface area (Å²) in [5.41, 5.74) is 0.114. The number of fused-ring (bicyclic) bond motifs is 1. The third-order valence-corrected chi connectivity index (χ3v) is 2.65. The fraction of sp³-hybridized carbons (Fsp3) is 0. The van der Waals surface area contributed by atoms with Gasteiger partial charge >= 0.3 is 0 Å². The van der Waals surface area contributed by atoms with Crippen molar-refractivity contribution in [1.82, 2.24) is 9.97 Å². The number of nitro benzene ring substituents is 1. The summed E-state index contributed by atoms with van der Waals surface area (Å²) in [4.78, 5) is 17.6. The molecule has 82 valence electrons. The van der Waals surface area contributed by atoms with Crippen LogP contribution in [0.25, 0.3) is 10.9 Å². The lowest BCUT2D eigenvalue weighted by atomic mass is 10.2. The average molecular weight is 278 g/mol. The highest BCUT2D eigenvalue weighted by atomic mass is 35.5. The number of hydrogen-bond acceptors (Lipinski definition) is 4. The predicted molar refractivity (Wildman–Crippen MR) is 61.2 cm³/mol. The van der Waals surface area contributed by atoms with E-state index in [0.717, 1.165) is 0 Å². The van der Waals surface area contributed by atoms with Gasteiger partial charge in [0.15, 0.2) is 0 Å². The monoisotopic (exact) mass is 277 g/mol. The van der Waals surface area contributed by atoms with Gasteiger partial charge in [0.1, 0.15) is 10.2 Å². The first kappa shape index (κ1) is 11.3. The van der Waals surface area contributed by atoms with E-state index < -0.39 is 4.92 Å². The molecule has 16 heavy (non-hydrogen) atoms. The Labute approximate surface area is 104 Å². The van der Waals surface area contributed by atoms with Gasteiger partial charge in [0.25, 0.3) is 5.69 Å². The Kier molecular flexibility index (Phi) is 2.84. The highest BCUT2D eigenvalue weighted by Gasteiger charge is 2.16. The van der Waals surface area contributed by atoms with Crippen LogP contribution >= 0.6 is 34.8 Å². The second kappa shape index (κ2) is 4.01. The summed E-state index contributed by atoms with van der Waals surface area (Å²) >= 11 is 17.1. The van der Waals surface area contributed by atoms with E-state index in [2.05, 4.69) is 9.97 Å². The van der Waals surface area contributed by atoms with Crippen molar-refractivity contribution >= 4 is 51.4 Å². The molecule has 0 aliphatic carbocycles. The second-order valence-electron chi connectivity index (χ2n) is 2.86. The molecule has 0 bridgehead atoms. The van der Waals surface area contributed by atoms with Crippen LogP contribution in [0.1, 0.15) is 0 Å². The maximum atomic E-state index is 10.7. The first-order valence-electron chi connectivity index (χ1n) is 3.95. The van der Waals surface area contributed by atoms with Gasteiger partial charge in [-0.1, -0.05) is 23.2 Å². The second-order valence-corrected chi connectivity index (χ2v) is 3.96. The lowest BCUT2D eigenvalue weighted by molar-refractivity contribution is -0.384. The minimum atomic E-state index is -0.604. The van der Waals surface area contributed by atoms with Crippen LogP contribution in [0.5, 0.6) is 0 Å². The van der Waals surface area contributed by atoms with E-state index in [9.17, 15) is 10.1 Å². The first-order valence-corrected chi connectivity index (χ1v) is 5.09. The van der Waals surface area contributed by atoms with Crippen molar-refractivity contribution in [2.24, 2.45) is 0 Å². The SMILES string of the molecule is O=[N+]([O-])c1cc2c(Cl)nc(Cl)nc2cc1Cl. The lowest BCUT2D eigenvalue weighted by Crippen LogP contribution is -1.92. The molecule has 8 heteroatoms. The highest BCUT2D eigenvalue weighted by Crippen LogP contribution is 2.32. The van der Waals surface area contributed by atoms with Crippen LogP contribution in [0.4, 0.5) is 5.69 Å². The van der Waals surface area contributed by atoms with Gasteiger partial charge < -0.3 is 0 Å². The van der Waals surface area contributed by atoms with Crippen molar-refractivity contribution in [3.63, 3.8) is 0 Å². The molecule has 2 aromatic rings. The van der Waals surface area contributed by atoms with Gasteiger partial charge in [0.05, 0.1) is 10.4 Å². The van der Waals surface area contributed by atoms with Crippen LogP contribution < -0.4 is 0 Å². The molecule has 1 aromatic carbocycles. The van der Waals surface area contributed by atoms with Crippen molar-refractivity contribution < 1.29 is 4.92 Å². The molecular formula is C8H2Cl3N3O2. The minimum Gasteiger partial charge on any atom is -0.258 e. The third kappa shape index (κ3) is 1.89. The zero-order valence-corrected chi connectivity index (χ0v) is 9.71. The van der Waals surface area contributed by atoms with E-state index in [-0.39, 0.29) is 21.1 Å². The summed E-state index contributed by atoms with van der Waals surface area (Å²) in [6, 6.07) is 2.55. The molecule has 0 spiro atoms. The quantitative estimate of drug-likeness (QED) is 0.346. The zero-order valence-electron chi connectivity index (χ0n) is 7.45. The average Bonchev–Trinajstić information content (AvgIpc) is 2.15. The van der Waals surface area contributed by atoms with Crippen LogP contribution in [0.15, 0.2) is 12.1 Å². The molecule has 0 atom stereocenters. The number of rotatable bonds is 1. The Morgan fingerprint density at radius 1 is 1.19 bits per heavy atom. The van der Waals surface area contributed by atoms with E-state index in [1.54, 1.807) is 0 Å². The van der Waals surface area contributed by atoms with Gasteiger partial charge in [-0.3, -0.25) is 10.1 Å². The molecule has 0 saturated heterocycles. The number of aromatic nitrogens is 2. The van der Waals surface area contributed by atoms with E-state index >= 15 is 0 Å². The molecule has 0 aliphatic rings. The molecule has 0 radical (unpaired) electrons. The summed E-state index contributed by atoms with van der Waals surface area (Å²) in [7, 11) is 0. The summed E-state index contributed by atoms with van der Waals surface area (Å²) in [6.07, 6.45) is 0. The number of nitrogens with zero attached hydrogens (tertiary/aromatic N) is 3.